The van der Waals surface area contributed by atoms with Crippen molar-refractivity contribution in [3.05, 3.63) is 167 Å². The number of hydrogen-bond donors (Lipinski definition) is 1. The molecule has 326 valence electrons. The van der Waals surface area contributed by atoms with E-state index in [4.69, 9.17) is 18.2 Å². The summed E-state index contributed by atoms with van der Waals surface area (Å²) in [6.07, 6.45) is 1.86. The van der Waals surface area contributed by atoms with Gasteiger partial charge in [-0.3, -0.25) is 9.55 Å². The first kappa shape index (κ1) is 37.1. The van der Waals surface area contributed by atoms with E-state index < -0.39 is 19.1 Å². The van der Waals surface area contributed by atoms with Crippen molar-refractivity contribution >= 4 is 11.0 Å². The summed E-state index contributed by atoms with van der Waals surface area (Å²) in [7, 11) is 0. The molecule has 0 aliphatic heterocycles. The van der Waals surface area contributed by atoms with Gasteiger partial charge in [-0.15, -0.1) is 0 Å². The summed E-state index contributed by atoms with van der Waals surface area (Å²) < 4.78 is 54.4. The molecule has 2 aromatic heterocycles. The highest BCUT2D eigenvalue weighted by Gasteiger charge is 2.29. The van der Waals surface area contributed by atoms with E-state index in [9.17, 15) is 5.11 Å². The van der Waals surface area contributed by atoms with Crippen LogP contribution in [-0.4, -0.2) is 19.6 Å². The fourth-order valence-electron chi connectivity index (χ4n) is 8.48. The highest BCUT2D eigenvalue weighted by atomic mass is 16.3. The molecule has 0 fully saturated rings. The van der Waals surface area contributed by atoms with E-state index in [1.54, 1.807) is 18.2 Å². The van der Waals surface area contributed by atoms with Gasteiger partial charge in [0.1, 0.15) is 11.6 Å². The van der Waals surface area contributed by atoms with Crippen LogP contribution in [0.5, 0.6) is 5.75 Å². The molecule has 0 saturated heterocycles. The first-order valence-corrected chi connectivity index (χ1v) is 22.3. The lowest BCUT2D eigenvalue weighted by Crippen LogP contribution is -2.17. The smallest absolute Gasteiger partial charge is 0.149 e. The van der Waals surface area contributed by atoms with Crippen molar-refractivity contribution in [3.8, 4) is 67.5 Å². The van der Waals surface area contributed by atoms with Gasteiger partial charge in [0.05, 0.1) is 22.3 Å². The largest absolute Gasteiger partial charge is 0.507 e. The number of para-hydroxylation sites is 1. The van der Waals surface area contributed by atoms with Gasteiger partial charge in [-0.2, -0.15) is 0 Å². The normalized spacial score (nSPS) is 14.4. The van der Waals surface area contributed by atoms with Crippen LogP contribution in [0, 0.1) is 13.7 Å². The highest BCUT2D eigenvalue weighted by Crippen LogP contribution is 2.45. The number of benzene rings is 6. The Hall–Kier alpha value is -6.26. The Labute approximate surface area is 390 Å². The minimum Gasteiger partial charge on any atom is -0.507 e. The predicted octanol–water partition coefficient (Wildman–Crippen LogP) is 16.3. The van der Waals surface area contributed by atoms with E-state index in [2.05, 4.69) is 138 Å². The van der Waals surface area contributed by atoms with Crippen molar-refractivity contribution in [1.29, 1.82) is 0 Å². The zero-order chi connectivity index (χ0) is 51.1. The van der Waals surface area contributed by atoms with Gasteiger partial charge in [-0.25, -0.2) is 4.98 Å². The van der Waals surface area contributed by atoms with Crippen LogP contribution < -0.4 is 0 Å². The second kappa shape index (κ2) is 16.1. The van der Waals surface area contributed by atoms with Crippen LogP contribution >= 0.6 is 0 Å². The Bertz CT molecular complexity index is 3260. The molecular weight excluding hydrogens is 779 g/mol. The fourth-order valence-corrected chi connectivity index (χ4v) is 8.48. The van der Waals surface area contributed by atoms with Crippen LogP contribution in [-0.2, 0) is 21.7 Å². The van der Waals surface area contributed by atoms with E-state index in [-0.39, 0.29) is 38.7 Å². The number of imidazole rings is 1. The van der Waals surface area contributed by atoms with E-state index in [0.717, 1.165) is 50.2 Å². The van der Waals surface area contributed by atoms with Crippen LogP contribution in [0.25, 0.3) is 72.7 Å². The van der Waals surface area contributed by atoms with Crippen molar-refractivity contribution in [3.63, 3.8) is 0 Å². The fraction of sp³-hybridized carbons (Fsp3) is 0.300. The van der Waals surface area contributed by atoms with E-state index in [1.807, 2.05) is 59.3 Å². The van der Waals surface area contributed by atoms with Crippen molar-refractivity contribution in [1.82, 2.24) is 14.5 Å². The lowest BCUT2D eigenvalue weighted by atomic mass is 9.79. The molecule has 1 N–H and O–H groups in total. The summed E-state index contributed by atoms with van der Waals surface area (Å²) in [5.74, 6) is 0.445. The molecule has 4 nitrogen and oxygen atoms in total. The second-order valence-electron chi connectivity index (χ2n) is 21.5. The van der Waals surface area contributed by atoms with Gasteiger partial charge in [-0.05, 0) is 140 Å². The predicted molar refractivity (Wildman–Crippen MR) is 272 cm³/mol. The van der Waals surface area contributed by atoms with Crippen LogP contribution in [0.15, 0.2) is 134 Å². The van der Waals surface area contributed by atoms with Crippen molar-refractivity contribution < 1.29 is 13.3 Å². The lowest BCUT2D eigenvalue weighted by molar-refractivity contribution is 0.446. The molecule has 0 unspecified atom stereocenters. The number of fused-ring (bicyclic) bond motifs is 1. The number of aromatic hydroxyl groups is 1. The molecule has 0 saturated carbocycles. The Morgan fingerprint density at radius 2 is 1.17 bits per heavy atom. The summed E-state index contributed by atoms with van der Waals surface area (Å²) in [6.45, 7) is 20.2. The number of rotatable bonds is 6. The standard InChI is InChI=1S/C60H65N3O/c1-37-29-47(36-49(38(37)2)40-19-16-15-17-20-40)63-53-22-18-21-48(54(53)62-56(63)50-34-46(59(9,10)11)35-51(55(50)64)60(12,13)14)42-30-43(32-45(31-42)58(6,7)8)52-33-41(27-28-61-52)39-23-25-44(26-24-39)57(3,4)5/h15-36,64H,1-14H3/i1D3,2D3. The zero-order valence-electron chi connectivity index (χ0n) is 45.5. The number of phenols is 1. The van der Waals surface area contributed by atoms with Crippen LogP contribution in [0.3, 0.4) is 0 Å². The van der Waals surface area contributed by atoms with Gasteiger partial charge in [0, 0.05) is 36.8 Å². The number of phenolic OH excluding ortho intramolecular Hbond substituents is 1. The maximum Gasteiger partial charge on any atom is 0.149 e. The molecule has 0 amide bonds. The monoisotopic (exact) mass is 850 g/mol. The molecule has 8 aromatic rings. The van der Waals surface area contributed by atoms with Gasteiger partial charge >= 0.3 is 0 Å². The number of aryl methyl sites for hydroxylation is 1. The quantitative estimate of drug-likeness (QED) is 0.181. The van der Waals surface area contributed by atoms with Gasteiger partial charge in [-0.1, -0.05) is 162 Å². The summed E-state index contributed by atoms with van der Waals surface area (Å²) in [5, 5.41) is 12.5. The van der Waals surface area contributed by atoms with Crippen LogP contribution in [0.1, 0.15) is 125 Å². The number of hydrogen-bond acceptors (Lipinski definition) is 3. The average Bonchev–Trinajstić information content (AvgIpc) is 3.66. The molecule has 0 bridgehead atoms. The minimum atomic E-state index is -2.80. The third kappa shape index (κ3) is 8.55. The maximum absolute atomic E-state index is 12.5. The molecule has 8 rings (SSSR count). The first-order valence-electron chi connectivity index (χ1n) is 25.3. The van der Waals surface area contributed by atoms with Gasteiger partial charge in [0.15, 0.2) is 0 Å². The second-order valence-corrected chi connectivity index (χ2v) is 21.5. The van der Waals surface area contributed by atoms with Crippen LogP contribution in [0.2, 0.25) is 0 Å². The molecule has 4 heteroatoms. The summed E-state index contributed by atoms with van der Waals surface area (Å²) >= 11 is 0. The molecule has 6 aromatic carbocycles. The summed E-state index contributed by atoms with van der Waals surface area (Å²) in [5.41, 5.74) is 11.2. The molecule has 0 radical (unpaired) electrons. The number of pyridine rings is 1. The number of nitrogens with zero attached hydrogens (tertiary/aromatic N) is 3. The molecule has 0 aliphatic rings. The first-order chi connectivity index (χ1) is 32.4. The Morgan fingerprint density at radius 3 is 1.81 bits per heavy atom. The maximum atomic E-state index is 12.5. The van der Waals surface area contributed by atoms with E-state index >= 15 is 0 Å². The Morgan fingerprint density at radius 1 is 0.500 bits per heavy atom. The minimum absolute atomic E-state index is 0.0352. The third-order valence-corrected chi connectivity index (χ3v) is 12.4. The molecule has 0 spiro atoms. The molecule has 2 heterocycles. The summed E-state index contributed by atoms with van der Waals surface area (Å²) in [6, 6.07) is 41.8. The molecule has 0 atom stereocenters. The van der Waals surface area contributed by atoms with Crippen molar-refractivity contribution in [2.75, 3.05) is 0 Å². The molecule has 64 heavy (non-hydrogen) atoms. The number of aromatic nitrogens is 3. The SMILES string of the molecule is [2H]C([2H])([2H])c1cc(-n2c(-c3cc(C(C)(C)C)cc(C(C)(C)C)c3O)nc3c(-c4cc(-c5cc(-c6ccc(C(C)(C)C)cc6)ccn5)cc(C(C)(C)C)c4)cccc32)cc(-c2ccccc2)c1C([2H])([2H])[2H]. The molecular formula is C60H65N3O. The summed E-state index contributed by atoms with van der Waals surface area (Å²) in [4.78, 5) is 10.4. The van der Waals surface area contributed by atoms with Crippen molar-refractivity contribution in [2.24, 2.45) is 0 Å². The van der Waals surface area contributed by atoms with Crippen molar-refractivity contribution in [2.45, 2.75) is 118 Å². The van der Waals surface area contributed by atoms with E-state index in [1.165, 1.54) is 11.6 Å². The lowest BCUT2D eigenvalue weighted by Gasteiger charge is -2.27. The average molecular weight is 850 g/mol. The Balaban J connectivity index is 1.46. The van der Waals surface area contributed by atoms with E-state index in [0.29, 0.717) is 33.7 Å². The van der Waals surface area contributed by atoms with Crippen LogP contribution in [0.4, 0.5) is 0 Å². The zero-order valence-corrected chi connectivity index (χ0v) is 39.5. The highest BCUT2D eigenvalue weighted by molar-refractivity contribution is 5.97. The topological polar surface area (TPSA) is 50.9 Å². The van der Waals surface area contributed by atoms with Gasteiger partial charge < -0.3 is 5.11 Å². The Kier molecular flexibility index (Phi) is 9.33. The third-order valence-electron chi connectivity index (χ3n) is 12.4. The van der Waals surface area contributed by atoms with Gasteiger partial charge in [0.25, 0.3) is 0 Å². The molecule has 0 aliphatic carbocycles. The van der Waals surface area contributed by atoms with Gasteiger partial charge in [0.2, 0.25) is 0 Å².